The van der Waals surface area contributed by atoms with Crippen LogP contribution in [0.1, 0.15) is 36.6 Å². The number of rotatable bonds is 5. The van der Waals surface area contributed by atoms with Crippen LogP contribution in [0.5, 0.6) is 0 Å². The molecule has 7 aromatic rings. The third-order valence-corrected chi connectivity index (χ3v) is 8.32. The smallest absolute Gasteiger partial charge is 0.268 e. The zero-order valence-electron chi connectivity index (χ0n) is 23.5. The van der Waals surface area contributed by atoms with Crippen LogP contribution in [-0.2, 0) is 0 Å². The molecule has 0 saturated heterocycles. The van der Waals surface area contributed by atoms with Crippen LogP contribution >= 0.6 is 0 Å². The molecule has 8 rings (SSSR count). The molecule has 44 heavy (non-hydrogen) atoms. The van der Waals surface area contributed by atoms with Gasteiger partial charge in [0.1, 0.15) is 0 Å². The van der Waals surface area contributed by atoms with Crippen molar-refractivity contribution in [2.75, 3.05) is 4.90 Å². The normalized spacial score (nSPS) is 12.7. The fourth-order valence-electron chi connectivity index (χ4n) is 6.27. The number of aromatic nitrogens is 1. The van der Waals surface area contributed by atoms with Gasteiger partial charge >= 0.3 is 0 Å². The quantitative estimate of drug-likeness (QED) is 0.155. The molecule has 0 saturated carbocycles. The Morgan fingerprint density at radius 2 is 1.18 bits per heavy atom. The van der Waals surface area contributed by atoms with Crippen LogP contribution < -0.4 is 4.90 Å². The first kappa shape index (κ1) is 25.6. The molecule has 0 fully saturated rings. The van der Waals surface area contributed by atoms with E-state index in [0.29, 0.717) is 33.6 Å². The SMILES string of the molecule is O=C(c1ccccc1)c1ccc2c3ccccc3n(-c3cccc4c3C(=O)N(c3cccc(-c5ccccc5)c3)C4=O)c2c1. The number of para-hydroxylation sites is 1. The number of imide groups is 1. The molecule has 1 aromatic heterocycles. The summed E-state index contributed by atoms with van der Waals surface area (Å²) >= 11 is 0. The molecular formula is C39H24N2O3. The number of carbonyl (C=O) groups excluding carboxylic acids is 3. The minimum absolute atomic E-state index is 0.0849. The third kappa shape index (κ3) is 3.91. The van der Waals surface area contributed by atoms with Crippen molar-refractivity contribution in [1.29, 1.82) is 0 Å². The summed E-state index contributed by atoms with van der Waals surface area (Å²) in [5, 5.41) is 1.94. The highest BCUT2D eigenvalue weighted by Crippen LogP contribution is 2.38. The van der Waals surface area contributed by atoms with Crippen molar-refractivity contribution < 1.29 is 14.4 Å². The van der Waals surface area contributed by atoms with Crippen LogP contribution in [0.2, 0.25) is 0 Å². The minimum atomic E-state index is -0.381. The average molecular weight is 569 g/mol. The number of ketones is 1. The van der Waals surface area contributed by atoms with Gasteiger partial charge in [-0.15, -0.1) is 0 Å². The summed E-state index contributed by atoms with van der Waals surface area (Å²) in [6.45, 7) is 0. The minimum Gasteiger partial charge on any atom is -0.308 e. The summed E-state index contributed by atoms with van der Waals surface area (Å²) in [6.07, 6.45) is 0. The highest BCUT2D eigenvalue weighted by atomic mass is 16.2. The van der Waals surface area contributed by atoms with Crippen LogP contribution in [0, 0.1) is 0 Å². The first-order chi connectivity index (χ1) is 21.6. The van der Waals surface area contributed by atoms with Crippen molar-refractivity contribution in [2.45, 2.75) is 0 Å². The molecule has 208 valence electrons. The van der Waals surface area contributed by atoms with E-state index in [1.165, 1.54) is 4.90 Å². The Morgan fingerprint density at radius 1 is 0.500 bits per heavy atom. The van der Waals surface area contributed by atoms with Crippen molar-refractivity contribution in [3.05, 3.63) is 168 Å². The van der Waals surface area contributed by atoms with Crippen LogP contribution in [0.3, 0.4) is 0 Å². The van der Waals surface area contributed by atoms with Gasteiger partial charge in [0.05, 0.1) is 33.5 Å². The average Bonchev–Trinajstić information content (AvgIpc) is 3.55. The van der Waals surface area contributed by atoms with E-state index >= 15 is 0 Å². The number of benzene rings is 6. The van der Waals surface area contributed by atoms with E-state index in [0.717, 1.165) is 32.9 Å². The van der Waals surface area contributed by atoms with Gasteiger partial charge < -0.3 is 4.57 Å². The summed E-state index contributed by atoms with van der Waals surface area (Å²) < 4.78 is 2.00. The molecule has 0 N–H and O–H groups in total. The van der Waals surface area contributed by atoms with Gasteiger partial charge in [-0.2, -0.15) is 0 Å². The Bertz CT molecular complexity index is 2280. The lowest BCUT2D eigenvalue weighted by Crippen LogP contribution is -2.29. The summed E-state index contributed by atoms with van der Waals surface area (Å²) in [5.41, 5.74) is 6.52. The molecule has 1 aliphatic rings. The fourth-order valence-corrected chi connectivity index (χ4v) is 6.27. The summed E-state index contributed by atoms with van der Waals surface area (Å²) in [6, 6.07) is 45.6. The largest absolute Gasteiger partial charge is 0.308 e. The van der Waals surface area contributed by atoms with Crippen LogP contribution in [0.4, 0.5) is 5.69 Å². The topological polar surface area (TPSA) is 59.4 Å². The first-order valence-electron chi connectivity index (χ1n) is 14.4. The van der Waals surface area contributed by atoms with Crippen molar-refractivity contribution >= 4 is 45.1 Å². The number of amides is 2. The molecule has 2 amide bonds. The predicted octanol–water partition coefficient (Wildman–Crippen LogP) is 8.48. The molecule has 5 nitrogen and oxygen atoms in total. The molecule has 2 heterocycles. The fraction of sp³-hybridized carbons (Fsp3) is 0. The molecule has 0 spiro atoms. The highest BCUT2D eigenvalue weighted by Gasteiger charge is 2.39. The lowest BCUT2D eigenvalue weighted by molar-refractivity contribution is 0.0925. The van der Waals surface area contributed by atoms with Gasteiger partial charge in [-0.1, -0.05) is 109 Å². The number of nitrogens with zero attached hydrogens (tertiary/aromatic N) is 2. The van der Waals surface area contributed by atoms with Gasteiger partial charge in [0.15, 0.2) is 5.78 Å². The van der Waals surface area contributed by atoms with Gasteiger partial charge in [-0.05, 0) is 47.5 Å². The molecule has 0 aliphatic carbocycles. The maximum atomic E-state index is 14.2. The van der Waals surface area contributed by atoms with E-state index in [1.54, 1.807) is 24.3 Å². The Morgan fingerprint density at radius 3 is 2.00 bits per heavy atom. The maximum absolute atomic E-state index is 14.2. The maximum Gasteiger partial charge on any atom is 0.268 e. The zero-order valence-corrected chi connectivity index (χ0v) is 23.5. The summed E-state index contributed by atoms with van der Waals surface area (Å²) in [7, 11) is 0. The standard InChI is InChI=1S/C39H24N2O3/c42-37(26-13-5-2-6-14-26)28-21-22-31-30-17-7-8-19-33(30)41(35(31)24-28)34-20-10-18-32-36(34)39(44)40(38(32)43)29-16-9-15-27(23-29)25-11-3-1-4-12-25/h1-24H. The molecule has 0 unspecified atom stereocenters. The number of fused-ring (bicyclic) bond motifs is 4. The molecule has 5 heteroatoms. The van der Waals surface area contributed by atoms with Gasteiger partial charge in [0.2, 0.25) is 0 Å². The lowest BCUT2D eigenvalue weighted by Gasteiger charge is -2.16. The second-order valence-electron chi connectivity index (χ2n) is 10.8. The highest BCUT2D eigenvalue weighted by molar-refractivity contribution is 6.36. The van der Waals surface area contributed by atoms with Crippen LogP contribution in [0.25, 0.3) is 38.6 Å². The Balaban J connectivity index is 1.30. The first-order valence-corrected chi connectivity index (χ1v) is 14.4. The van der Waals surface area contributed by atoms with E-state index in [-0.39, 0.29) is 17.6 Å². The molecule has 0 radical (unpaired) electrons. The Kier molecular flexibility index (Phi) is 5.84. The predicted molar refractivity (Wildman–Crippen MR) is 174 cm³/mol. The Hall–Kier alpha value is -6.07. The number of hydrogen-bond acceptors (Lipinski definition) is 3. The van der Waals surface area contributed by atoms with E-state index < -0.39 is 0 Å². The van der Waals surface area contributed by atoms with Gasteiger partial charge in [0, 0.05) is 21.9 Å². The molecule has 0 bridgehead atoms. The van der Waals surface area contributed by atoms with Crippen molar-refractivity contribution in [1.82, 2.24) is 4.57 Å². The number of hydrogen-bond donors (Lipinski definition) is 0. The molecule has 0 atom stereocenters. The second-order valence-corrected chi connectivity index (χ2v) is 10.8. The monoisotopic (exact) mass is 568 g/mol. The lowest BCUT2D eigenvalue weighted by atomic mass is 10.0. The van der Waals surface area contributed by atoms with Gasteiger partial charge in [-0.25, -0.2) is 4.90 Å². The van der Waals surface area contributed by atoms with Crippen LogP contribution in [-0.4, -0.2) is 22.2 Å². The van der Waals surface area contributed by atoms with Gasteiger partial charge in [-0.3, -0.25) is 14.4 Å². The molecular weight excluding hydrogens is 544 g/mol. The summed E-state index contributed by atoms with van der Waals surface area (Å²) in [5.74, 6) is -0.829. The Labute approximate surface area is 253 Å². The van der Waals surface area contributed by atoms with E-state index in [4.69, 9.17) is 0 Å². The number of anilines is 1. The van der Waals surface area contributed by atoms with E-state index in [9.17, 15) is 14.4 Å². The number of carbonyl (C=O) groups is 3. The third-order valence-electron chi connectivity index (χ3n) is 8.32. The molecule has 1 aliphatic heterocycles. The zero-order chi connectivity index (χ0) is 29.8. The molecule has 6 aromatic carbocycles. The van der Waals surface area contributed by atoms with Crippen molar-refractivity contribution in [3.8, 4) is 16.8 Å². The van der Waals surface area contributed by atoms with Crippen molar-refractivity contribution in [2.24, 2.45) is 0 Å². The van der Waals surface area contributed by atoms with Gasteiger partial charge in [0.25, 0.3) is 11.8 Å². The van der Waals surface area contributed by atoms with Crippen LogP contribution in [0.15, 0.2) is 146 Å². The second kappa shape index (κ2) is 10.0. The van der Waals surface area contributed by atoms with E-state index in [2.05, 4.69) is 0 Å². The van der Waals surface area contributed by atoms with Crippen molar-refractivity contribution in [3.63, 3.8) is 0 Å². The van der Waals surface area contributed by atoms with E-state index in [1.807, 2.05) is 126 Å². The summed E-state index contributed by atoms with van der Waals surface area (Å²) in [4.78, 5) is 42.8.